The SMILES string of the molecule is CCOC(=O)N1CCC(N(c2ccc(CN)c3ccccc23)S(=O)O)CC1. The number of nitrogens with two attached hydrogens (primary N) is 1. The zero-order chi connectivity index (χ0) is 19.4. The predicted molar refractivity (Wildman–Crippen MR) is 107 cm³/mol. The first-order valence-electron chi connectivity index (χ1n) is 9.09. The van der Waals surface area contributed by atoms with Gasteiger partial charge in [-0.05, 0) is 36.8 Å². The summed E-state index contributed by atoms with van der Waals surface area (Å²) in [6, 6.07) is 11.4. The summed E-state index contributed by atoms with van der Waals surface area (Å²) in [5.74, 6) is 0. The second kappa shape index (κ2) is 8.69. The van der Waals surface area contributed by atoms with Crippen molar-refractivity contribution in [1.82, 2.24) is 4.90 Å². The topological polar surface area (TPSA) is 96.1 Å². The molecule has 1 amide bonds. The van der Waals surface area contributed by atoms with Crippen molar-refractivity contribution in [2.45, 2.75) is 32.4 Å². The van der Waals surface area contributed by atoms with Crippen LogP contribution in [0.1, 0.15) is 25.3 Å². The van der Waals surface area contributed by atoms with E-state index in [0.29, 0.717) is 44.8 Å². The molecular formula is C19H25N3O4S. The number of carbonyl (C=O) groups is 1. The van der Waals surface area contributed by atoms with E-state index in [2.05, 4.69) is 0 Å². The van der Waals surface area contributed by atoms with E-state index in [0.717, 1.165) is 16.3 Å². The number of nitrogens with zero attached hydrogens (tertiary/aromatic N) is 2. The van der Waals surface area contributed by atoms with Gasteiger partial charge < -0.3 is 15.4 Å². The lowest BCUT2D eigenvalue weighted by Crippen LogP contribution is -2.47. The minimum absolute atomic E-state index is 0.145. The first kappa shape index (κ1) is 19.6. The summed E-state index contributed by atoms with van der Waals surface area (Å²) >= 11 is -2.17. The Hall–Kier alpha value is -2.16. The molecular weight excluding hydrogens is 366 g/mol. The third kappa shape index (κ3) is 4.07. The summed E-state index contributed by atoms with van der Waals surface area (Å²) in [5, 5.41) is 1.88. The molecule has 1 saturated heterocycles. The van der Waals surface area contributed by atoms with Crippen LogP contribution < -0.4 is 10.0 Å². The van der Waals surface area contributed by atoms with Gasteiger partial charge in [0, 0.05) is 31.1 Å². The van der Waals surface area contributed by atoms with Gasteiger partial charge in [-0.1, -0.05) is 30.3 Å². The summed E-state index contributed by atoms with van der Waals surface area (Å²) < 4.78 is 28.8. The molecule has 8 heteroatoms. The molecule has 7 nitrogen and oxygen atoms in total. The summed E-state index contributed by atoms with van der Waals surface area (Å²) in [6.45, 7) is 3.51. The van der Waals surface area contributed by atoms with Crippen LogP contribution in [0, 0.1) is 0 Å². The van der Waals surface area contributed by atoms with E-state index in [1.807, 2.05) is 36.4 Å². The van der Waals surface area contributed by atoms with Crippen molar-refractivity contribution in [3.8, 4) is 0 Å². The monoisotopic (exact) mass is 391 g/mol. The largest absolute Gasteiger partial charge is 0.450 e. The Kier molecular flexibility index (Phi) is 6.30. The molecule has 3 rings (SSSR count). The van der Waals surface area contributed by atoms with Gasteiger partial charge in [-0.2, -0.15) is 0 Å². The minimum atomic E-state index is -2.17. The summed E-state index contributed by atoms with van der Waals surface area (Å²) in [7, 11) is 0. The smallest absolute Gasteiger partial charge is 0.409 e. The van der Waals surface area contributed by atoms with Crippen molar-refractivity contribution >= 4 is 33.8 Å². The first-order chi connectivity index (χ1) is 13.1. The Morgan fingerprint density at radius 3 is 2.52 bits per heavy atom. The Morgan fingerprint density at radius 2 is 1.93 bits per heavy atom. The highest BCUT2D eigenvalue weighted by Crippen LogP contribution is 2.33. The second-order valence-corrected chi connectivity index (χ2v) is 7.32. The number of benzene rings is 2. The average Bonchev–Trinajstić information content (AvgIpc) is 2.68. The number of ether oxygens (including phenoxy) is 1. The highest BCUT2D eigenvalue weighted by Gasteiger charge is 2.31. The van der Waals surface area contributed by atoms with Crippen molar-refractivity contribution in [2.24, 2.45) is 5.73 Å². The predicted octanol–water partition coefficient (Wildman–Crippen LogP) is 2.86. The Balaban J connectivity index is 1.89. The molecule has 3 N–H and O–H groups in total. The maximum absolute atomic E-state index is 12.2. The summed E-state index contributed by atoms with van der Waals surface area (Å²) in [5.41, 5.74) is 7.54. The van der Waals surface area contributed by atoms with E-state index >= 15 is 0 Å². The number of hydrogen-bond donors (Lipinski definition) is 2. The molecule has 2 aromatic carbocycles. The van der Waals surface area contributed by atoms with E-state index in [1.54, 1.807) is 16.1 Å². The highest BCUT2D eigenvalue weighted by molar-refractivity contribution is 7.80. The lowest BCUT2D eigenvalue weighted by molar-refractivity contribution is 0.0976. The summed E-state index contributed by atoms with van der Waals surface area (Å²) in [4.78, 5) is 13.5. The Morgan fingerprint density at radius 1 is 1.26 bits per heavy atom. The molecule has 146 valence electrons. The van der Waals surface area contributed by atoms with Gasteiger partial charge in [-0.3, -0.25) is 8.86 Å². The van der Waals surface area contributed by atoms with Crippen LogP contribution in [0.25, 0.3) is 10.8 Å². The molecule has 0 aliphatic carbocycles. The number of carbonyl (C=O) groups excluding carboxylic acids is 1. The van der Waals surface area contributed by atoms with Crippen molar-refractivity contribution < 1.29 is 18.3 Å². The molecule has 1 unspecified atom stereocenters. The van der Waals surface area contributed by atoms with Crippen molar-refractivity contribution in [1.29, 1.82) is 0 Å². The molecule has 0 spiro atoms. The number of amides is 1. The number of anilines is 1. The lowest BCUT2D eigenvalue weighted by Gasteiger charge is -2.37. The van der Waals surface area contributed by atoms with Gasteiger partial charge in [-0.15, -0.1) is 0 Å². The van der Waals surface area contributed by atoms with Gasteiger partial charge in [0.05, 0.1) is 12.3 Å². The number of rotatable bonds is 5. The number of fused-ring (bicyclic) bond motifs is 1. The highest BCUT2D eigenvalue weighted by atomic mass is 32.2. The molecule has 0 aromatic heterocycles. The fraction of sp³-hybridized carbons (Fsp3) is 0.421. The maximum Gasteiger partial charge on any atom is 0.409 e. The lowest BCUT2D eigenvalue weighted by atomic mass is 10.0. The van der Waals surface area contributed by atoms with Gasteiger partial charge in [0.2, 0.25) is 0 Å². The van der Waals surface area contributed by atoms with E-state index in [9.17, 15) is 13.6 Å². The maximum atomic E-state index is 12.2. The third-order valence-electron chi connectivity index (χ3n) is 4.94. The summed E-state index contributed by atoms with van der Waals surface area (Å²) in [6.07, 6.45) is 0.862. The normalized spacial score (nSPS) is 16.3. The van der Waals surface area contributed by atoms with Crippen LogP contribution in [0.3, 0.4) is 0 Å². The number of hydrogen-bond acceptors (Lipinski definition) is 4. The standard InChI is InChI=1S/C19H25N3O4S/c1-2-26-19(23)21-11-9-15(10-12-21)22(27(24)25)18-8-7-14(13-20)16-5-3-4-6-17(16)18/h3-8,15H,2,9-13,20H2,1H3,(H,24,25). The second-order valence-electron chi connectivity index (χ2n) is 6.47. The van der Waals surface area contributed by atoms with Crippen LogP contribution >= 0.6 is 0 Å². The number of likely N-dealkylation sites (tertiary alicyclic amines) is 1. The molecule has 27 heavy (non-hydrogen) atoms. The minimum Gasteiger partial charge on any atom is -0.450 e. The number of piperidine rings is 1. The van der Waals surface area contributed by atoms with Gasteiger partial charge in [-0.25, -0.2) is 9.00 Å². The molecule has 0 bridgehead atoms. The van der Waals surface area contributed by atoms with Crippen LogP contribution in [0.2, 0.25) is 0 Å². The molecule has 1 aliphatic heterocycles. The Labute approximate surface area is 161 Å². The van der Waals surface area contributed by atoms with E-state index in [-0.39, 0.29) is 12.1 Å². The zero-order valence-corrected chi connectivity index (χ0v) is 16.2. The fourth-order valence-corrected chi connectivity index (χ4v) is 4.42. The van der Waals surface area contributed by atoms with Crippen LogP contribution in [0.4, 0.5) is 10.5 Å². The van der Waals surface area contributed by atoms with Gasteiger partial charge >= 0.3 is 6.09 Å². The molecule has 2 aromatic rings. The van der Waals surface area contributed by atoms with E-state index in [4.69, 9.17) is 10.5 Å². The van der Waals surface area contributed by atoms with Crippen LogP contribution in [0.5, 0.6) is 0 Å². The molecule has 0 radical (unpaired) electrons. The third-order valence-corrected chi connectivity index (χ3v) is 5.77. The van der Waals surface area contributed by atoms with Crippen molar-refractivity contribution in [3.63, 3.8) is 0 Å². The van der Waals surface area contributed by atoms with Crippen LogP contribution in [-0.2, 0) is 22.5 Å². The first-order valence-corrected chi connectivity index (χ1v) is 10.2. The van der Waals surface area contributed by atoms with Gasteiger partial charge in [0.25, 0.3) is 11.3 Å². The van der Waals surface area contributed by atoms with Crippen LogP contribution in [-0.4, -0.2) is 45.5 Å². The Bertz CT molecular complexity index is 837. The van der Waals surface area contributed by atoms with Gasteiger partial charge in [0.1, 0.15) is 0 Å². The van der Waals surface area contributed by atoms with E-state index in [1.165, 1.54) is 0 Å². The van der Waals surface area contributed by atoms with E-state index < -0.39 is 11.3 Å². The molecule has 1 atom stereocenters. The van der Waals surface area contributed by atoms with Crippen molar-refractivity contribution in [2.75, 3.05) is 24.0 Å². The average molecular weight is 391 g/mol. The molecule has 1 fully saturated rings. The zero-order valence-electron chi connectivity index (χ0n) is 15.3. The van der Waals surface area contributed by atoms with Crippen molar-refractivity contribution in [3.05, 3.63) is 42.0 Å². The molecule has 1 aliphatic rings. The fourth-order valence-electron chi connectivity index (χ4n) is 3.62. The quantitative estimate of drug-likeness (QED) is 0.764. The molecule has 0 saturated carbocycles. The van der Waals surface area contributed by atoms with Gasteiger partial charge in [0.15, 0.2) is 0 Å². The molecule has 1 heterocycles. The van der Waals surface area contributed by atoms with Crippen LogP contribution in [0.15, 0.2) is 36.4 Å².